The van der Waals surface area contributed by atoms with Crippen LogP contribution in [0.3, 0.4) is 0 Å². The summed E-state index contributed by atoms with van der Waals surface area (Å²) in [5.41, 5.74) is 0.642. The number of benzene rings is 1. The first-order chi connectivity index (χ1) is 9.45. The summed E-state index contributed by atoms with van der Waals surface area (Å²) in [6.45, 7) is 4.54. The normalized spacial score (nSPS) is 14.2. The molecule has 20 heavy (non-hydrogen) atoms. The molecule has 0 radical (unpaired) electrons. The SMILES string of the molecule is CC(C)C(CCO)NCC(O)c1ccc([N+](=O)[O-])cc1. The molecule has 0 aliphatic carbocycles. The molecule has 2 unspecified atom stereocenters. The molecule has 112 valence electrons. The van der Waals surface area contributed by atoms with Gasteiger partial charge in [0, 0.05) is 31.3 Å². The van der Waals surface area contributed by atoms with Gasteiger partial charge in [-0.25, -0.2) is 0 Å². The molecule has 0 spiro atoms. The predicted octanol–water partition coefficient (Wildman–Crippen LogP) is 1.62. The van der Waals surface area contributed by atoms with E-state index in [1.54, 1.807) is 12.1 Å². The lowest BCUT2D eigenvalue weighted by Gasteiger charge is -2.23. The molecule has 0 saturated heterocycles. The fourth-order valence-corrected chi connectivity index (χ4v) is 2.01. The third-order valence-corrected chi connectivity index (χ3v) is 3.31. The number of rotatable bonds is 8. The van der Waals surface area contributed by atoms with Crippen LogP contribution in [0.4, 0.5) is 5.69 Å². The van der Waals surface area contributed by atoms with Crippen molar-refractivity contribution in [1.82, 2.24) is 5.32 Å². The number of aliphatic hydroxyl groups is 2. The van der Waals surface area contributed by atoms with Gasteiger partial charge in [0.15, 0.2) is 0 Å². The Morgan fingerprint density at radius 2 is 1.90 bits per heavy atom. The molecule has 0 aromatic heterocycles. The van der Waals surface area contributed by atoms with E-state index < -0.39 is 11.0 Å². The lowest BCUT2D eigenvalue weighted by molar-refractivity contribution is -0.384. The highest BCUT2D eigenvalue weighted by atomic mass is 16.6. The molecule has 0 bridgehead atoms. The van der Waals surface area contributed by atoms with Crippen molar-refractivity contribution >= 4 is 5.69 Å². The van der Waals surface area contributed by atoms with E-state index in [1.165, 1.54) is 12.1 Å². The van der Waals surface area contributed by atoms with Crippen LogP contribution in [-0.2, 0) is 0 Å². The molecule has 3 N–H and O–H groups in total. The van der Waals surface area contributed by atoms with Gasteiger partial charge in [-0.2, -0.15) is 0 Å². The zero-order chi connectivity index (χ0) is 15.1. The molecule has 0 aliphatic heterocycles. The summed E-state index contributed by atoms with van der Waals surface area (Å²) in [6, 6.07) is 6.01. The maximum atomic E-state index is 10.6. The highest BCUT2D eigenvalue weighted by Crippen LogP contribution is 2.18. The highest BCUT2D eigenvalue weighted by molar-refractivity contribution is 5.33. The number of nitrogens with zero attached hydrogens (tertiary/aromatic N) is 1. The van der Waals surface area contributed by atoms with E-state index >= 15 is 0 Å². The van der Waals surface area contributed by atoms with Crippen molar-refractivity contribution in [1.29, 1.82) is 0 Å². The van der Waals surface area contributed by atoms with Crippen LogP contribution >= 0.6 is 0 Å². The van der Waals surface area contributed by atoms with Crippen molar-refractivity contribution in [2.75, 3.05) is 13.2 Å². The molecule has 1 aromatic rings. The van der Waals surface area contributed by atoms with Gasteiger partial charge in [0.1, 0.15) is 0 Å². The smallest absolute Gasteiger partial charge is 0.269 e. The number of nitrogens with one attached hydrogen (secondary N) is 1. The third kappa shape index (κ3) is 4.88. The number of hydrogen-bond acceptors (Lipinski definition) is 5. The predicted molar refractivity (Wildman–Crippen MR) is 76.4 cm³/mol. The minimum absolute atomic E-state index is 0.00856. The Kier molecular flexibility index (Phi) is 6.57. The zero-order valence-corrected chi connectivity index (χ0v) is 11.8. The molecular formula is C14H22N2O4. The first-order valence-electron chi connectivity index (χ1n) is 6.72. The number of hydrogen-bond donors (Lipinski definition) is 3. The van der Waals surface area contributed by atoms with Crippen LogP contribution in [-0.4, -0.2) is 34.3 Å². The molecular weight excluding hydrogens is 260 g/mol. The van der Waals surface area contributed by atoms with E-state index in [9.17, 15) is 15.2 Å². The minimum atomic E-state index is -0.726. The second-order valence-electron chi connectivity index (χ2n) is 5.14. The van der Waals surface area contributed by atoms with Gasteiger partial charge in [-0.3, -0.25) is 10.1 Å². The Balaban J connectivity index is 2.57. The lowest BCUT2D eigenvalue weighted by Crippen LogP contribution is -2.37. The molecule has 1 aromatic carbocycles. The summed E-state index contributed by atoms with van der Waals surface area (Å²) in [6.07, 6.45) is -0.0965. The summed E-state index contributed by atoms with van der Waals surface area (Å²) in [4.78, 5) is 10.1. The lowest BCUT2D eigenvalue weighted by atomic mass is 10.0. The van der Waals surface area contributed by atoms with Crippen LogP contribution < -0.4 is 5.32 Å². The average Bonchev–Trinajstić information content (AvgIpc) is 2.42. The van der Waals surface area contributed by atoms with Crippen LogP contribution in [0.5, 0.6) is 0 Å². The molecule has 0 amide bonds. The van der Waals surface area contributed by atoms with Crippen LogP contribution in [0.15, 0.2) is 24.3 Å². The summed E-state index contributed by atoms with van der Waals surface area (Å²) in [5.74, 6) is 0.353. The Bertz CT molecular complexity index is 420. The van der Waals surface area contributed by atoms with Gasteiger partial charge >= 0.3 is 0 Å². The van der Waals surface area contributed by atoms with Gasteiger partial charge in [0.2, 0.25) is 0 Å². The van der Waals surface area contributed by atoms with E-state index in [1.807, 2.05) is 13.8 Å². The van der Waals surface area contributed by atoms with E-state index in [2.05, 4.69) is 5.32 Å². The van der Waals surface area contributed by atoms with Crippen molar-refractivity contribution in [2.24, 2.45) is 5.92 Å². The Labute approximate surface area is 118 Å². The Morgan fingerprint density at radius 1 is 1.30 bits per heavy atom. The topological polar surface area (TPSA) is 95.6 Å². The molecule has 0 fully saturated rings. The van der Waals surface area contributed by atoms with Crippen molar-refractivity contribution in [3.8, 4) is 0 Å². The summed E-state index contributed by atoms with van der Waals surface area (Å²) >= 11 is 0. The Hall–Kier alpha value is -1.50. The van der Waals surface area contributed by atoms with Crippen molar-refractivity contribution in [2.45, 2.75) is 32.4 Å². The quantitative estimate of drug-likeness (QED) is 0.497. The number of nitro benzene ring substituents is 1. The standard InChI is InChI=1S/C14H22N2O4/c1-10(2)13(7-8-17)15-9-14(18)11-3-5-12(6-4-11)16(19)20/h3-6,10,13-15,17-18H,7-9H2,1-2H3. The van der Waals surface area contributed by atoms with Crippen molar-refractivity contribution < 1.29 is 15.1 Å². The molecule has 6 nitrogen and oxygen atoms in total. The van der Waals surface area contributed by atoms with Crippen LogP contribution in [0.1, 0.15) is 31.9 Å². The number of nitro groups is 1. The van der Waals surface area contributed by atoms with Gasteiger partial charge in [0.05, 0.1) is 11.0 Å². The van der Waals surface area contributed by atoms with E-state index in [4.69, 9.17) is 5.11 Å². The zero-order valence-electron chi connectivity index (χ0n) is 11.8. The minimum Gasteiger partial charge on any atom is -0.396 e. The maximum absolute atomic E-state index is 10.6. The highest BCUT2D eigenvalue weighted by Gasteiger charge is 2.15. The molecule has 0 saturated carbocycles. The van der Waals surface area contributed by atoms with Crippen molar-refractivity contribution in [3.63, 3.8) is 0 Å². The number of aliphatic hydroxyl groups excluding tert-OH is 2. The maximum Gasteiger partial charge on any atom is 0.269 e. The van der Waals surface area contributed by atoms with Crippen LogP contribution in [0.2, 0.25) is 0 Å². The summed E-state index contributed by atoms with van der Waals surface area (Å²) < 4.78 is 0. The van der Waals surface area contributed by atoms with Crippen LogP contribution in [0, 0.1) is 16.0 Å². The average molecular weight is 282 g/mol. The fraction of sp³-hybridized carbons (Fsp3) is 0.571. The van der Waals surface area contributed by atoms with Crippen molar-refractivity contribution in [3.05, 3.63) is 39.9 Å². The molecule has 0 heterocycles. The van der Waals surface area contributed by atoms with Crippen LogP contribution in [0.25, 0.3) is 0 Å². The van der Waals surface area contributed by atoms with Gasteiger partial charge in [-0.05, 0) is 30.0 Å². The summed E-state index contributed by atoms with van der Waals surface area (Å²) in [5, 5.41) is 32.8. The van der Waals surface area contributed by atoms with E-state index in [0.29, 0.717) is 24.4 Å². The molecule has 2 atom stereocenters. The van der Waals surface area contributed by atoms with E-state index in [-0.39, 0.29) is 18.3 Å². The monoisotopic (exact) mass is 282 g/mol. The second-order valence-corrected chi connectivity index (χ2v) is 5.14. The largest absolute Gasteiger partial charge is 0.396 e. The van der Waals surface area contributed by atoms with Gasteiger partial charge in [-0.1, -0.05) is 13.8 Å². The van der Waals surface area contributed by atoms with Gasteiger partial charge < -0.3 is 15.5 Å². The molecule has 1 rings (SSSR count). The first-order valence-corrected chi connectivity index (χ1v) is 6.72. The second kappa shape index (κ2) is 7.94. The van der Waals surface area contributed by atoms with Gasteiger partial charge in [-0.15, -0.1) is 0 Å². The van der Waals surface area contributed by atoms with E-state index in [0.717, 1.165) is 0 Å². The third-order valence-electron chi connectivity index (χ3n) is 3.31. The Morgan fingerprint density at radius 3 is 2.35 bits per heavy atom. The molecule has 6 heteroatoms. The number of non-ortho nitro benzene ring substituents is 1. The first kappa shape index (κ1) is 16.6. The summed E-state index contributed by atoms with van der Waals surface area (Å²) in [7, 11) is 0. The molecule has 0 aliphatic rings. The fourth-order valence-electron chi connectivity index (χ4n) is 2.01. The van der Waals surface area contributed by atoms with Gasteiger partial charge in [0.25, 0.3) is 5.69 Å².